The van der Waals surface area contributed by atoms with E-state index in [0.29, 0.717) is 6.04 Å². The van der Waals surface area contributed by atoms with E-state index in [4.69, 9.17) is 4.42 Å². The third kappa shape index (κ3) is 3.68. The molecule has 1 atom stereocenters. The highest BCUT2D eigenvalue weighted by Gasteiger charge is 2.24. The lowest BCUT2D eigenvalue weighted by atomic mass is 9.86. The van der Waals surface area contributed by atoms with E-state index < -0.39 is 0 Å². The Balaban J connectivity index is 1.47. The third-order valence-electron chi connectivity index (χ3n) is 5.61. The van der Waals surface area contributed by atoms with Crippen molar-refractivity contribution < 1.29 is 8.81 Å². The summed E-state index contributed by atoms with van der Waals surface area (Å²) in [6, 6.07) is 14.1. The first-order valence-electron chi connectivity index (χ1n) is 9.70. The summed E-state index contributed by atoms with van der Waals surface area (Å²) < 4.78 is 18.7. The summed E-state index contributed by atoms with van der Waals surface area (Å²) in [6.07, 6.45) is 7.34. The van der Waals surface area contributed by atoms with Crippen molar-refractivity contribution in [1.82, 2.24) is 4.90 Å². The second kappa shape index (κ2) is 7.63. The van der Waals surface area contributed by atoms with E-state index in [9.17, 15) is 4.39 Å². The summed E-state index contributed by atoms with van der Waals surface area (Å²) in [6.45, 7) is 4.39. The zero-order valence-electron chi connectivity index (χ0n) is 15.4. The fourth-order valence-electron chi connectivity index (χ4n) is 4.20. The van der Waals surface area contributed by atoms with Crippen LogP contribution in [-0.2, 0) is 19.3 Å². The maximum atomic E-state index is 13.1. The van der Waals surface area contributed by atoms with Crippen molar-refractivity contribution in [1.29, 1.82) is 0 Å². The lowest BCUT2D eigenvalue weighted by molar-refractivity contribution is 0.182. The van der Waals surface area contributed by atoms with E-state index in [0.717, 1.165) is 44.4 Å². The smallest absolute Gasteiger partial charge is 0.134 e. The number of hydrogen-bond acceptors (Lipinski definition) is 2. The Hall–Kier alpha value is -2.13. The summed E-state index contributed by atoms with van der Waals surface area (Å²) in [5.41, 5.74) is 5.12. The normalized spacial score (nSPS) is 17.0. The predicted molar refractivity (Wildman–Crippen MR) is 104 cm³/mol. The Morgan fingerprint density at radius 1 is 1.08 bits per heavy atom. The van der Waals surface area contributed by atoms with Crippen molar-refractivity contribution in [3.63, 3.8) is 0 Å². The molecule has 3 aromatic rings. The molecule has 0 N–H and O–H groups in total. The summed E-state index contributed by atoms with van der Waals surface area (Å²) >= 11 is 0. The van der Waals surface area contributed by atoms with Crippen LogP contribution < -0.4 is 0 Å². The third-order valence-corrected chi connectivity index (χ3v) is 5.61. The van der Waals surface area contributed by atoms with Gasteiger partial charge in [-0.2, -0.15) is 0 Å². The number of benzene rings is 2. The minimum atomic E-state index is -0.160. The van der Waals surface area contributed by atoms with Crippen LogP contribution in [0, 0.1) is 5.82 Å². The van der Waals surface area contributed by atoms with Crippen molar-refractivity contribution >= 4 is 11.0 Å². The molecule has 0 radical (unpaired) electrons. The van der Waals surface area contributed by atoms with Crippen LogP contribution in [0.5, 0.6) is 0 Å². The Morgan fingerprint density at radius 3 is 2.73 bits per heavy atom. The topological polar surface area (TPSA) is 16.4 Å². The fourth-order valence-corrected chi connectivity index (χ4v) is 4.20. The fraction of sp³-hybridized carbons (Fsp3) is 0.391. The largest absolute Gasteiger partial charge is 0.464 e. The minimum absolute atomic E-state index is 0.160. The molecular formula is C23H26FNO. The van der Waals surface area contributed by atoms with Gasteiger partial charge in [-0.1, -0.05) is 19.1 Å². The Bertz CT molecular complexity index is 868. The number of halogens is 1. The highest BCUT2D eigenvalue weighted by atomic mass is 19.1. The summed E-state index contributed by atoms with van der Waals surface area (Å²) in [5, 5.41) is 1.21. The highest BCUT2D eigenvalue weighted by molar-refractivity contribution is 5.79. The zero-order chi connectivity index (χ0) is 17.9. The van der Waals surface area contributed by atoms with Crippen LogP contribution in [0.15, 0.2) is 53.1 Å². The van der Waals surface area contributed by atoms with Crippen molar-refractivity contribution in [2.45, 2.75) is 45.1 Å². The lowest BCUT2D eigenvalue weighted by Crippen LogP contribution is -2.41. The number of furan rings is 1. The molecule has 0 spiro atoms. The van der Waals surface area contributed by atoms with Crippen LogP contribution in [0.3, 0.4) is 0 Å². The van der Waals surface area contributed by atoms with Gasteiger partial charge < -0.3 is 4.42 Å². The molecule has 2 nitrogen and oxygen atoms in total. The van der Waals surface area contributed by atoms with Gasteiger partial charge in [0.05, 0.1) is 6.26 Å². The molecule has 0 unspecified atom stereocenters. The molecule has 1 aromatic heterocycles. The lowest BCUT2D eigenvalue weighted by Gasteiger charge is -2.35. The van der Waals surface area contributed by atoms with Crippen LogP contribution >= 0.6 is 0 Å². The van der Waals surface area contributed by atoms with Gasteiger partial charge >= 0.3 is 0 Å². The van der Waals surface area contributed by atoms with Gasteiger partial charge in [-0.25, -0.2) is 4.39 Å². The van der Waals surface area contributed by atoms with Gasteiger partial charge in [-0.05, 0) is 85.7 Å². The van der Waals surface area contributed by atoms with Gasteiger partial charge in [0.2, 0.25) is 0 Å². The molecular weight excluding hydrogens is 325 g/mol. The maximum Gasteiger partial charge on any atom is 0.134 e. The summed E-state index contributed by atoms with van der Waals surface area (Å²) in [4.78, 5) is 2.62. The van der Waals surface area contributed by atoms with Gasteiger partial charge in [0, 0.05) is 18.0 Å². The molecule has 3 heteroatoms. The molecule has 0 aliphatic heterocycles. The molecule has 4 rings (SSSR count). The predicted octanol–water partition coefficient (Wildman–Crippen LogP) is 5.38. The molecule has 2 aromatic carbocycles. The molecule has 1 heterocycles. The Labute approximate surface area is 154 Å². The molecule has 26 heavy (non-hydrogen) atoms. The molecule has 0 fully saturated rings. The van der Waals surface area contributed by atoms with Gasteiger partial charge in [-0.3, -0.25) is 4.90 Å². The first-order valence-corrected chi connectivity index (χ1v) is 9.70. The second-order valence-electron chi connectivity index (χ2n) is 7.39. The first-order chi connectivity index (χ1) is 12.7. The SMILES string of the molecule is CCCN(CCc1ccc(F)cc1)[C@H]1CCc2cc3ccoc3cc2C1. The van der Waals surface area contributed by atoms with E-state index in [2.05, 4.69) is 24.0 Å². The average Bonchev–Trinajstić information content (AvgIpc) is 3.11. The number of nitrogens with zero attached hydrogens (tertiary/aromatic N) is 1. The molecule has 0 saturated heterocycles. The standard InChI is InChI=1S/C23H26FNO/c1-2-11-25(12-9-17-3-6-21(24)7-4-17)22-8-5-18-14-19-10-13-26-23(19)16-20(18)15-22/h3-4,6-7,10,13-14,16,22H,2,5,8-9,11-12,15H2,1H3/t22-/m0/s1. The quantitative estimate of drug-likeness (QED) is 0.592. The van der Waals surface area contributed by atoms with E-state index in [1.54, 1.807) is 18.4 Å². The van der Waals surface area contributed by atoms with Gasteiger partial charge in [0.1, 0.15) is 11.4 Å². The molecule has 1 aliphatic rings. The molecule has 1 aliphatic carbocycles. The van der Waals surface area contributed by atoms with Crippen LogP contribution in [-0.4, -0.2) is 24.0 Å². The van der Waals surface area contributed by atoms with Crippen LogP contribution in [0.4, 0.5) is 4.39 Å². The van der Waals surface area contributed by atoms with Crippen LogP contribution in [0.1, 0.15) is 36.5 Å². The molecule has 0 saturated carbocycles. The van der Waals surface area contributed by atoms with Gasteiger partial charge in [-0.15, -0.1) is 0 Å². The highest BCUT2D eigenvalue weighted by Crippen LogP contribution is 2.29. The van der Waals surface area contributed by atoms with E-state index in [-0.39, 0.29) is 5.82 Å². The Morgan fingerprint density at radius 2 is 1.92 bits per heavy atom. The second-order valence-corrected chi connectivity index (χ2v) is 7.39. The van der Waals surface area contributed by atoms with Crippen molar-refractivity contribution in [3.05, 3.63) is 71.2 Å². The van der Waals surface area contributed by atoms with Crippen LogP contribution in [0.25, 0.3) is 11.0 Å². The number of rotatable bonds is 6. The average molecular weight is 351 g/mol. The van der Waals surface area contributed by atoms with E-state index in [1.807, 2.05) is 18.2 Å². The maximum absolute atomic E-state index is 13.1. The van der Waals surface area contributed by atoms with Crippen molar-refractivity contribution in [3.8, 4) is 0 Å². The molecule has 0 bridgehead atoms. The summed E-state index contributed by atoms with van der Waals surface area (Å²) in [5.74, 6) is -0.160. The van der Waals surface area contributed by atoms with Crippen LogP contribution in [0.2, 0.25) is 0 Å². The number of hydrogen-bond donors (Lipinski definition) is 0. The minimum Gasteiger partial charge on any atom is -0.464 e. The van der Waals surface area contributed by atoms with E-state index in [1.165, 1.54) is 28.5 Å². The van der Waals surface area contributed by atoms with Crippen molar-refractivity contribution in [2.75, 3.05) is 13.1 Å². The van der Waals surface area contributed by atoms with E-state index >= 15 is 0 Å². The van der Waals surface area contributed by atoms with Gasteiger partial charge in [0.15, 0.2) is 0 Å². The van der Waals surface area contributed by atoms with Crippen molar-refractivity contribution in [2.24, 2.45) is 0 Å². The number of aryl methyl sites for hydroxylation is 1. The number of fused-ring (bicyclic) bond motifs is 2. The molecule has 0 amide bonds. The zero-order valence-corrected chi connectivity index (χ0v) is 15.4. The van der Waals surface area contributed by atoms with Gasteiger partial charge in [0.25, 0.3) is 0 Å². The monoisotopic (exact) mass is 351 g/mol. The summed E-state index contributed by atoms with van der Waals surface area (Å²) in [7, 11) is 0. The first kappa shape index (κ1) is 17.3. The Kier molecular flexibility index (Phi) is 5.07. The molecule has 136 valence electrons.